The molecular weight excluding hydrogens is 298 g/mol. The molecule has 0 atom stereocenters. The highest BCUT2D eigenvalue weighted by Crippen LogP contribution is 2.28. The molecule has 1 aliphatic carbocycles. The van der Waals surface area contributed by atoms with Crippen LogP contribution in [0, 0.1) is 5.92 Å². The monoisotopic (exact) mass is 313 g/mol. The molecule has 0 aliphatic heterocycles. The van der Waals surface area contributed by atoms with Gasteiger partial charge in [-0.2, -0.15) is 0 Å². The third kappa shape index (κ3) is 3.42. The largest absolute Gasteiger partial charge is 0.493 e. The van der Waals surface area contributed by atoms with E-state index in [4.69, 9.17) is 22.7 Å². The molecule has 0 heterocycles. The van der Waals surface area contributed by atoms with Crippen LogP contribution in [0.15, 0.2) is 22.7 Å². The molecular formula is C13H16BrNOS. The van der Waals surface area contributed by atoms with E-state index in [1.165, 1.54) is 25.7 Å². The molecule has 92 valence electrons. The molecule has 1 saturated carbocycles. The maximum absolute atomic E-state index is 5.85. The molecule has 4 heteroatoms. The Bertz CT molecular complexity index is 416. The molecule has 1 fully saturated rings. The minimum absolute atomic E-state index is 0.382. The highest BCUT2D eigenvalue weighted by atomic mass is 79.9. The van der Waals surface area contributed by atoms with Gasteiger partial charge in [0.15, 0.2) is 0 Å². The van der Waals surface area contributed by atoms with Crippen molar-refractivity contribution in [3.8, 4) is 5.75 Å². The van der Waals surface area contributed by atoms with E-state index in [9.17, 15) is 0 Å². The van der Waals surface area contributed by atoms with Crippen molar-refractivity contribution in [1.29, 1.82) is 0 Å². The summed E-state index contributed by atoms with van der Waals surface area (Å²) in [7, 11) is 0. The van der Waals surface area contributed by atoms with Crippen LogP contribution >= 0.6 is 28.1 Å². The van der Waals surface area contributed by atoms with Gasteiger partial charge < -0.3 is 10.5 Å². The Balaban J connectivity index is 2.06. The predicted molar refractivity (Wildman–Crippen MR) is 77.5 cm³/mol. The lowest BCUT2D eigenvalue weighted by Crippen LogP contribution is -2.14. The van der Waals surface area contributed by atoms with E-state index >= 15 is 0 Å². The van der Waals surface area contributed by atoms with Gasteiger partial charge in [-0.25, -0.2) is 0 Å². The van der Waals surface area contributed by atoms with Crippen molar-refractivity contribution in [2.24, 2.45) is 11.7 Å². The third-order valence-corrected chi connectivity index (χ3v) is 3.87. The molecule has 0 radical (unpaired) electrons. The summed E-state index contributed by atoms with van der Waals surface area (Å²) in [5.41, 5.74) is 6.51. The average molecular weight is 314 g/mol. The van der Waals surface area contributed by atoms with Crippen molar-refractivity contribution < 1.29 is 4.74 Å². The van der Waals surface area contributed by atoms with Crippen molar-refractivity contribution in [2.75, 3.05) is 6.61 Å². The smallest absolute Gasteiger partial charge is 0.129 e. The fourth-order valence-corrected chi connectivity index (χ4v) is 2.73. The van der Waals surface area contributed by atoms with E-state index in [2.05, 4.69) is 15.9 Å². The van der Waals surface area contributed by atoms with Crippen LogP contribution < -0.4 is 10.5 Å². The van der Waals surface area contributed by atoms with E-state index in [1.54, 1.807) is 0 Å². The molecule has 0 spiro atoms. The van der Waals surface area contributed by atoms with E-state index < -0.39 is 0 Å². The van der Waals surface area contributed by atoms with Gasteiger partial charge in [0, 0.05) is 4.47 Å². The van der Waals surface area contributed by atoms with Crippen LogP contribution in [0.3, 0.4) is 0 Å². The minimum atomic E-state index is 0.382. The zero-order valence-electron chi connectivity index (χ0n) is 9.62. The molecule has 0 aromatic heterocycles. The summed E-state index contributed by atoms with van der Waals surface area (Å²) >= 11 is 8.45. The van der Waals surface area contributed by atoms with Crippen LogP contribution in [0.2, 0.25) is 0 Å². The molecule has 2 N–H and O–H groups in total. The number of halogens is 1. The number of hydrogen-bond donors (Lipinski definition) is 1. The van der Waals surface area contributed by atoms with Gasteiger partial charge in [0.2, 0.25) is 0 Å². The Hall–Kier alpha value is -0.610. The van der Waals surface area contributed by atoms with Gasteiger partial charge in [-0.05, 0) is 37.0 Å². The SMILES string of the molecule is NC(=S)c1cc(Br)ccc1OCC1CCCC1. The number of thiocarbonyl (C=S) groups is 1. The maximum Gasteiger partial charge on any atom is 0.129 e. The van der Waals surface area contributed by atoms with Gasteiger partial charge in [0.1, 0.15) is 10.7 Å². The highest BCUT2D eigenvalue weighted by Gasteiger charge is 2.16. The number of benzene rings is 1. The number of ether oxygens (including phenoxy) is 1. The van der Waals surface area contributed by atoms with Gasteiger partial charge in [0.25, 0.3) is 0 Å². The van der Waals surface area contributed by atoms with Crippen LogP contribution in [0.4, 0.5) is 0 Å². The fraction of sp³-hybridized carbons (Fsp3) is 0.462. The summed E-state index contributed by atoms with van der Waals surface area (Å²) in [5.74, 6) is 1.49. The first-order valence-corrected chi connectivity index (χ1v) is 7.09. The quantitative estimate of drug-likeness (QED) is 0.862. The minimum Gasteiger partial charge on any atom is -0.493 e. The summed E-state index contributed by atoms with van der Waals surface area (Å²) in [6, 6.07) is 5.78. The molecule has 1 aromatic rings. The van der Waals surface area contributed by atoms with Crippen molar-refractivity contribution >= 4 is 33.1 Å². The molecule has 1 aromatic carbocycles. The van der Waals surface area contributed by atoms with E-state index in [1.807, 2.05) is 18.2 Å². The van der Waals surface area contributed by atoms with Crippen LogP contribution in [0.1, 0.15) is 31.2 Å². The van der Waals surface area contributed by atoms with Crippen molar-refractivity contribution in [2.45, 2.75) is 25.7 Å². The Kier molecular flexibility index (Phi) is 4.40. The lowest BCUT2D eigenvalue weighted by Gasteiger charge is -2.14. The summed E-state index contributed by atoms with van der Waals surface area (Å²) < 4.78 is 6.82. The Morgan fingerprint density at radius 1 is 1.41 bits per heavy atom. The molecule has 2 rings (SSSR count). The first kappa shape index (κ1) is 12.8. The lowest BCUT2D eigenvalue weighted by atomic mass is 10.1. The predicted octanol–water partition coefficient (Wildman–Crippen LogP) is 3.65. The standard InChI is InChI=1S/C13H16BrNOS/c14-10-5-6-12(11(7-10)13(15)17)16-8-9-3-1-2-4-9/h5-7,9H,1-4,8H2,(H2,15,17). The second-order valence-corrected chi connectivity index (χ2v) is 5.82. The Morgan fingerprint density at radius 2 is 2.12 bits per heavy atom. The average Bonchev–Trinajstić information content (AvgIpc) is 2.80. The molecule has 0 bridgehead atoms. The maximum atomic E-state index is 5.85. The van der Waals surface area contributed by atoms with Crippen molar-refractivity contribution in [3.05, 3.63) is 28.2 Å². The van der Waals surface area contributed by atoms with E-state index in [0.717, 1.165) is 22.4 Å². The van der Waals surface area contributed by atoms with E-state index in [0.29, 0.717) is 10.9 Å². The second-order valence-electron chi connectivity index (χ2n) is 4.47. The van der Waals surface area contributed by atoms with Gasteiger partial charge in [-0.3, -0.25) is 0 Å². The van der Waals surface area contributed by atoms with Crippen LogP contribution in [0.5, 0.6) is 5.75 Å². The normalized spacial score (nSPS) is 16.1. The summed E-state index contributed by atoms with van der Waals surface area (Å²) in [6.07, 6.45) is 5.21. The van der Waals surface area contributed by atoms with Crippen LogP contribution in [0.25, 0.3) is 0 Å². The summed E-state index contributed by atoms with van der Waals surface area (Å²) in [6.45, 7) is 0.775. The van der Waals surface area contributed by atoms with Crippen LogP contribution in [-0.2, 0) is 0 Å². The number of rotatable bonds is 4. The first-order valence-electron chi connectivity index (χ1n) is 5.89. The van der Waals surface area contributed by atoms with Crippen molar-refractivity contribution in [3.63, 3.8) is 0 Å². The lowest BCUT2D eigenvalue weighted by molar-refractivity contribution is 0.252. The number of nitrogens with two attached hydrogens (primary N) is 1. The Labute approximate surface area is 116 Å². The fourth-order valence-electron chi connectivity index (χ4n) is 2.21. The molecule has 0 saturated heterocycles. The molecule has 0 unspecified atom stereocenters. The molecule has 2 nitrogen and oxygen atoms in total. The summed E-state index contributed by atoms with van der Waals surface area (Å²) in [5, 5.41) is 0. The molecule has 1 aliphatic rings. The van der Waals surface area contributed by atoms with E-state index in [-0.39, 0.29) is 0 Å². The van der Waals surface area contributed by atoms with Crippen LogP contribution in [-0.4, -0.2) is 11.6 Å². The zero-order chi connectivity index (χ0) is 12.3. The van der Waals surface area contributed by atoms with Gasteiger partial charge >= 0.3 is 0 Å². The van der Waals surface area contributed by atoms with Gasteiger partial charge in [-0.1, -0.05) is 41.0 Å². The third-order valence-electron chi connectivity index (χ3n) is 3.16. The highest BCUT2D eigenvalue weighted by molar-refractivity contribution is 9.10. The second kappa shape index (κ2) is 5.83. The first-order chi connectivity index (χ1) is 8.16. The molecule has 17 heavy (non-hydrogen) atoms. The molecule has 0 amide bonds. The topological polar surface area (TPSA) is 35.2 Å². The summed E-state index contributed by atoms with van der Waals surface area (Å²) in [4.78, 5) is 0.382. The zero-order valence-corrected chi connectivity index (χ0v) is 12.0. The van der Waals surface area contributed by atoms with Gasteiger partial charge in [-0.15, -0.1) is 0 Å². The Morgan fingerprint density at radius 3 is 2.76 bits per heavy atom. The van der Waals surface area contributed by atoms with Crippen molar-refractivity contribution in [1.82, 2.24) is 0 Å². The van der Waals surface area contributed by atoms with Gasteiger partial charge in [0.05, 0.1) is 12.2 Å². The number of hydrogen-bond acceptors (Lipinski definition) is 2.